The second-order valence-electron chi connectivity index (χ2n) is 5.26. The fraction of sp³-hybridized carbons (Fsp3) is 0.353. The minimum Gasteiger partial charge on any atom is -0.492 e. The second kappa shape index (κ2) is 6.06. The van der Waals surface area contributed by atoms with Crippen molar-refractivity contribution in [3.8, 4) is 5.75 Å². The molecule has 3 heteroatoms. The summed E-state index contributed by atoms with van der Waals surface area (Å²) in [6, 6.07) is 12.7. The zero-order valence-corrected chi connectivity index (χ0v) is 11.8. The van der Waals surface area contributed by atoms with E-state index >= 15 is 0 Å². The monoisotopic (exact) mass is 268 g/mol. The Hall–Kier alpha value is -1.87. The van der Waals surface area contributed by atoms with Crippen molar-refractivity contribution < 1.29 is 4.74 Å². The van der Waals surface area contributed by atoms with Crippen molar-refractivity contribution in [1.82, 2.24) is 10.3 Å². The van der Waals surface area contributed by atoms with Crippen molar-refractivity contribution in [1.29, 1.82) is 0 Å². The summed E-state index contributed by atoms with van der Waals surface area (Å²) in [5.41, 5.74) is 3.82. The van der Waals surface area contributed by atoms with E-state index in [0.29, 0.717) is 12.6 Å². The summed E-state index contributed by atoms with van der Waals surface area (Å²) in [7, 11) is 0. The van der Waals surface area contributed by atoms with Crippen molar-refractivity contribution in [2.45, 2.75) is 25.8 Å². The molecule has 0 radical (unpaired) electrons. The van der Waals surface area contributed by atoms with Crippen LogP contribution in [0.2, 0.25) is 0 Å². The topological polar surface area (TPSA) is 34.1 Å². The van der Waals surface area contributed by atoms with Crippen LogP contribution < -0.4 is 10.1 Å². The fourth-order valence-corrected chi connectivity index (χ4v) is 2.72. The largest absolute Gasteiger partial charge is 0.492 e. The van der Waals surface area contributed by atoms with E-state index in [4.69, 9.17) is 4.74 Å². The van der Waals surface area contributed by atoms with E-state index in [2.05, 4.69) is 35.4 Å². The number of nitrogens with zero attached hydrogens (tertiary/aromatic N) is 1. The summed E-state index contributed by atoms with van der Waals surface area (Å²) in [5.74, 6) is 0.941. The highest BCUT2D eigenvalue weighted by Gasteiger charge is 2.22. The van der Waals surface area contributed by atoms with Crippen LogP contribution in [-0.4, -0.2) is 18.1 Å². The maximum Gasteiger partial charge on any atom is 0.119 e. The maximum absolute atomic E-state index is 5.75. The van der Waals surface area contributed by atoms with E-state index in [9.17, 15) is 0 Å². The minimum absolute atomic E-state index is 0.382. The molecule has 0 fully saturated rings. The summed E-state index contributed by atoms with van der Waals surface area (Å²) in [5, 5.41) is 3.54. The number of ether oxygens (including phenoxy) is 1. The Bertz CT molecular complexity index is 583. The summed E-state index contributed by atoms with van der Waals surface area (Å²) in [4.78, 5) is 4.49. The Labute approximate surface area is 120 Å². The molecule has 20 heavy (non-hydrogen) atoms. The molecule has 0 aliphatic heterocycles. The lowest BCUT2D eigenvalue weighted by molar-refractivity contribution is 0.304. The van der Waals surface area contributed by atoms with Gasteiger partial charge in [-0.15, -0.1) is 0 Å². The number of aryl methyl sites for hydroxylation is 2. The normalized spacial score (nSPS) is 16.9. The number of hydrogen-bond donors (Lipinski definition) is 1. The van der Waals surface area contributed by atoms with Gasteiger partial charge in [0.15, 0.2) is 0 Å². The summed E-state index contributed by atoms with van der Waals surface area (Å²) < 4.78 is 5.75. The average Bonchev–Trinajstić information content (AvgIpc) is 2.87. The highest BCUT2D eigenvalue weighted by atomic mass is 16.5. The molecule has 1 aliphatic carbocycles. The van der Waals surface area contributed by atoms with Crippen molar-refractivity contribution in [2.24, 2.45) is 0 Å². The quantitative estimate of drug-likeness (QED) is 0.846. The first-order valence-electron chi connectivity index (χ1n) is 7.19. The number of pyridine rings is 1. The zero-order chi connectivity index (χ0) is 13.8. The number of aromatic nitrogens is 1. The van der Waals surface area contributed by atoms with Gasteiger partial charge in [0.05, 0.1) is 11.7 Å². The molecule has 2 aromatic rings. The zero-order valence-electron chi connectivity index (χ0n) is 11.8. The first-order valence-corrected chi connectivity index (χ1v) is 7.19. The van der Waals surface area contributed by atoms with Crippen molar-refractivity contribution in [2.75, 3.05) is 13.2 Å². The predicted molar refractivity (Wildman–Crippen MR) is 80.0 cm³/mol. The standard InChI is InChI=1S/C17H20N2O/c1-13-4-2-6-15(12-13)20-11-10-18-16-8-7-14-5-3-9-19-17(14)16/h2-6,9,12,16,18H,7-8,10-11H2,1H3. The third kappa shape index (κ3) is 2.99. The van der Waals surface area contributed by atoms with Crippen molar-refractivity contribution >= 4 is 0 Å². The highest BCUT2D eigenvalue weighted by molar-refractivity contribution is 5.28. The van der Waals surface area contributed by atoms with Crippen LogP contribution in [0.3, 0.4) is 0 Å². The lowest BCUT2D eigenvalue weighted by Gasteiger charge is -2.13. The van der Waals surface area contributed by atoms with E-state index < -0.39 is 0 Å². The van der Waals surface area contributed by atoms with E-state index in [-0.39, 0.29) is 0 Å². The third-order valence-electron chi connectivity index (χ3n) is 3.71. The molecule has 1 aliphatic rings. The van der Waals surface area contributed by atoms with Crippen LogP contribution in [0.15, 0.2) is 42.6 Å². The van der Waals surface area contributed by atoms with Gasteiger partial charge in [-0.3, -0.25) is 4.98 Å². The highest BCUT2D eigenvalue weighted by Crippen LogP contribution is 2.28. The third-order valence-corrected chi connectivity index (χ3v) is 3.71. The first-order chi connectivity index (χ1) is 9.83. The number of benzene rings is 1. The molecule has 1 N–H and O–H groups in total. The lowest BCUT2D eigenvalue weighted by atomic mass is 10.2. The molecule has 0 amide bonds. The molecule has 1 unspecified atom stereocenters. The number of rotatable bonds is 5. The van der Waals surface area contributed by atoms with Gasteiger partial charge < -0.3 is 10.1 Å². The molecule has 1 heterocycles. The van der Waals surface area contributed by atoms with Crippen molar-refractivity contribution in [3.05, 3.63) is 59.4 Å². The maximum atomic E-state index is 5.75. The Morgan fingerprint density at radius 2 is 2.25 bits per heavy atom. The molecular weight excluding hydrogens is 248 g/mol. The Balaban J connectivity index is 1.47. The number of hydrogen-bond acceptors (Lipinski definition) is 3. The Kier molecular flexibility index (Phi) is 3.97. The summed E-state index contributed by atoms with van der Waals surface area (Å²) in [6.45, 7) is 3.60. The molecule has 0 saturated carbocycles. The summed E-state index contributed by atoms with van der Waals surface area (Å²) >= 11 is 0. The van der Waals surface area contributed by atoms with Crippen LogP contribution in [0.5, 0.6) is 5.75 Å². The molecule has 0 spiro atoms. The van der Waals surface area contributed by atoms with Crippen LogP contribution in [0.1, 0.15) is 29.3 Å². The second-order valence-corrected chi connectivity index (χ2v) is 5.26. The van der Waals surface area contributed by atoms with Gasteiger partial charge in [-0.1, -0.05) is 18.2 Å². The molecule has 0 bridgehead atoms. The first kappa shape index (κ1) is 13.1. The van der Waals surface area contributed by atoms with Gasteiger partial charge in [-0.05, 0) is 49.1 Å². The molecule has 104 valence electrons. The van der Waals surface area contributed by atoms with E-state index in [1.165, 1.54) is 16.8 Å². The SMILES string of the molecule is Cc1cccc(OCCNC2CCc3cccnc32)c1. The Morgan fingerprint density at radius 3 is 3.15 bits per heavy atom. The smallest absolute Gasteiger partial charge is 0.119 e. The fourth-order valence-electron chi connectivity index (χ4n) is 2.72. The van der Waals surface area contributed by atoms with Gasteiger partial charge in [0.25, 0.3) is 0 Å². The van der Waals surface area contributed by atoms with Crippen molar-refractivity contribution in [3.63, 3.8) is 0 Å². The molecule has 1 aromatic heterocycles. The van der Waals surface area contributed by atoms with Crippen LogP contribution in [0, 0.1) is 6.92 Å². The van der Waals surface area contributed by atoms with E-state index in [1.807, 2.05) is 24.4 Å². The molecule has 3 nitrogen and oxygen atoms in total. The van der Waals surface area contributed by atoms with Gasteiger partial charge >= 0.3 is 0 Å². The lowest BCUT2D eigenvalue weighted by Crippen LogP contribution is -2.25. The van der Waals surface area contributed by atoms with Crippen LogP contribution >= 0.6 is 0 Å². The van der Waals surface area contributed by atoms with E-state index in [0.717, 1.165) is 25.1 Å². The van der Waals surface area contributed by atoms with Crippen LogP contribution in [0.4, 0.5) is 0 Å². The summed E-state index contributed by atoms with van der Waals surface area (Å²) in [6.07, 6.45) is 4.14. The molecule has 1 atom stereocenters. The van der Waals surface area contributed by atoms with Gasteiger partial charge in [0, 0.05) is 12.7 Å². The van der Waals surface area contributed by atoms with Gasteiger partial charge in [0.2, 0.25) is 0 Å². The Morgan fingerprint density at radius 1 is 1.30 bits per heavy atom. The average molecular weight is 268 g/mol. The van der Waals surface area contributed by atoms with Gasteiger partial charge in [-0.2, -0.15) is 0 Å². The van der Waals surface area contributed by atoms with Crippen LogP contribution in [-0.2, 0) is 6.42 Å². The van der Waals surface area contributed by atoms with Gasteiger partial charge in [0.1, 0.15) is 12.4 Å². The molecule has 1 aromatic carbocycles. The number of fused-ring (bicyclic) bond motifs is 1. The van der Waals surface area contributed by atoms with Crippen LogP contribution in [0.25, 0.3) is 0 Å². The molecular formula is C17H20N2O. The molecule has 3 rings (SSSR count). The van der Waals surface area contributed by atoms with Gasteiger partial charge in [-0.25, -0.2) is 0 Å². The molecule has 0 saturated heterocycles. The predicted octanol–water partition coefficient (Wildman–Crippen LogP) is 3.05. The van der Waals surface area contributed by atoms with E-state index in [1.54, 1.807) is 0 Å². The minimum atomic E-state index is 0.382. The number of nitrogens with one attached hydrogen (secondary N) is 1.